The van der Waals surface area contributed by atoms with Crippen LogP contribution < -0.4 is 5.32 Å². The van der Waals surface area contributed by atoms with Crippen molar-refractivity contribution in [3.63, 3.8) is 0 Å². The van der Waals surface area contributed by atoms with E-state index in [1.54, 1.807) is 23.5 Å². The van der Waals surface area contributed by atoms with Crippen LogP contribution in [0.4, 0.5) is 4.39 Å². The Kier molecular flexibility index (Phi) is 8.90. The van der Waals surface area contributed by atoms with E-state index in [1.165, 1.54) is 4.88 Å². The molecule has 0 saturated carbocycles. The SMILES string of the molecule is CN=C(NCc1ncc(C)s1)N1CCN(Cc2ccc(Br)c(F)c2)CC1.I. The molecule has 148 valence electrons. The van der Waals surface area contributed by atoms with Gasteiger partial charge in [-0.3, -0.25) is 9.89 Å². The molecule has 0 unspecified atom stereocenters. The van der Waals surface area contributed by atoms with Gasteiger partial charge in [0.15, 0.2) is 5.96 Å². The van der Waals surface area contributed by atoms with Crippen LogP contribution in [0.3, 0.4) is 0 Å². The maximum Gasteiger partial charge on any atom is 0.194 e. The van der Waals surface area contributed by atoms with Gasteiger partial charge in [-0.2, -0.15) is 0 Å². The van der Waals surface area contributed by atoms with Crippen molar-refractivity contribution in [2.24, 2.45) is 4.99 Å². The monoisotopic (exact) mass is 567 g/mol. The Balaban J connectivity index is 0.00000261. The van der Waals surface area contributed by atoms with Gasteiger partial charge in [0, 0.05) is 50.8 Å². The van der Waals surface area contributed by atoms with Crippen LogP contribution in [0.15, 0.2) is 33.9 Å². The lowest BCUT2D eigenvalue weighted by atomic mass is 10.2. The highest BCUT2D eigenvalue weighted by Crippen LogP contribution is 2.18. The Morgan fingerprint density at radius 2 is 2.07 bits per heavy atom. The molecule has 1 aliphatic heterocycles. The number of thiazole rings is 1. The summed E-state index contributed by atoms with van der Waals surface area (Å²) in [5.41, 5.74) is 1.00. The summed E-state index contributed by atoms with van der Waals surface area (Å²) < 4.78 is 14.2. The first-order valence-corrected chi connectivity index (χ1v) is 10.2. The third kappa shape index (κ3) is 6.37. The summed E-state index contributed by atoms with van der Waals surface area (Å²) in [6, 6.07) is 5.34. The fourth-order valence-electron chi connectivity index (χ4n) is 2.98. The topological polar surface area (TPSA) is 43.8 Å². The van der Waals surface area contributed by atoms with Crippen molar-refractivity contribution in [1.82, 2.24) is 20.1 Å². The van der Waals surface area contributed by atoms with E-state index >= 15 is 0 Å². The van der Waals surface area contributed by atoms with Gasteiger partial charge in [-0.05, 0) is 40.5 Å². The highest BCUT2D eigenvalue weighted by molar-refractivity contribution is 14.0. The number of aliphatic imine (C=N–C) groups is 1. The van der Waals surface area contributed by atoms with Gasteiger partial charge in [0.2, 0.25) is 0 Å². The first-order valence-electron chi connectivity index (χ1n) is 8.58. The Bertz CT molecular complexity index is 777. The molecule has 1 saturated heterocycles. The summed E-state index contributed by atoms with van der Waals surface area (Å²) in [7, 11) is 1.81. The van der Waals surface area contributed by atoms with Gasteiger partial charge in [-0.1, -0.05) is 6.07 Å². The van der Waals surface area contributed by atoms with Gasteiger partial charge in [0.1, 0.15) is 10.8 Å². The summed E-state index contributed by atoms with van der Waals surface area (Å²) >= 11 is 4.90. The van der Waals surface area contributed by atoms with E-state index < -0.39 is 0 Å². The quantitative estimate of drug-likeness (QED) is 0.346. The van der Waals surface area contributed by atoms with E-state index in [4.69, 9.17) is 0 Å². The standard InChI is InChI=1S/C18H23BrFN5S.HI/c1-13-10-22-17(26-13)11-23-18(21-2)25-7-5-24(6-8-25)12-14-3-4-15(19)16(20)9-14;/h3-4,9-10H,5-8,11-12H2,1-2H3,(H,21,23);1H. The van der Waals surface area contributed by atoms with Crippen LogP contribution in [0.25, 0.3) is 0 Å². The highest BCUT2D eigenvalue weighted by Gasteiger charge is 2.20. The summed E-state index contributed by atoms with van der Waals surface area (Å²) in [6.07, 6.45) is 1.90. The summed E-state index contributed by atoms with van der Waals surface area (Å²) in [4.78, 5) is 14.6. The van der Waals surface area contributed by atoms with Crippen molar-refractivity contribution in [2.45, 2.75) is 20.0 Å². The number of piperazine rings is 1. The van der Waals surface area contributed by atoms with E-state index in [2.05, 4.69) is 47.9 Å². The molecule has 2 aromatic rings. The second-order valence-electron chi connectivity index (χ2n) is 6.28. The molecule has 3 rings (SSSR count). The molecule has 1 N–H and O–H groups in total. The van der Waals surface area contributed by atoms with Crippen LogP contribution in [0.1, 0.15) is 15.4 Å². The molecule has 9 heteroatoms. The number of nitrogens with one attached hydrogen (secondary N) is 1. The predicted molar refractivity (Wildman–Crippen MR) is 123 cm³/mol. The average Bonchev–Trinajstić information content (AvgIpc) is 3.05. The minimum atomic E-state index is -0.205. The lowest BCUT2D eigenvalue weighted by Gasteiger charge is -2.36. The Morgan fingerprint density at radius 3 is 2.67 bits per heavy atom. The molecule has 0 amide bonds. The molecule has 0 spiro atoms. The van der Waals surface area contributed by atoms with Gasteiger partial charge in [0.05, 0.1) is 11.0 Å². The zero-order chi connectivity index (χ0) is 18.5. The molecule has 0 bridgehead atoms. The molecule has 0 radical (unpaired) electrons. The molecule has 1 aromatic carbocycles. The second kappa shape index (κ2) is 10.7. The summed E-state index contributed by atoms with van der Waals surface area (Å²) in [5.74, 6) is 0.704. The van der Waals surface area contributed by atoms with Crippen molar-refractivity contribution >= 4 is 57.2 Å². The maximum atomic E-state index is 13.7. The van der Waals surface area contributed by atoms with E-state index in [1.807, 2.05) is 19.3 Å². The minimum absolute atomic E-state index is 0. The molecular weight excluding hydrogens is 544 g/mol. The first-order chi connectivity index (χ1) is 12.5. The normalized spacial score (nSPS) is 15.6. The molecule has 0 aliphatic carbocycles. The Morgan fingerprint density at radius 1 is 1.33 bits per heavy atom. The number of rotatable bonds is 4. The van der Waals surface area contributed by atoms with Gasteiger partial charge >= 0.3 is 0 Å². The molecular formula is C18H24BrFIN5S. The first kappa shape index (κ1) is 22.5. The molecule has 1 fully saturated rings. The average molecular weight is 568 g/mol. The predicted octanol–water partition coefficient (Wildman–Crippen LogP) is 3.86. The smallest absolute Gasteiger partial charge is 0.194 e. The van der Waals surface area contributed by atoms with Crippen LogP contribution in [-0.4, -0.2) is 54.0 Å². The third-order valence-corrected chi connectivity index (χ3v) is 5.90. The number of aromatic nitrogens is 1. The van der Waals surface area contributed by atoms with Crippen LogP contribution in [0.2, 0.25) is 0 Å². The molecule has 1 aliphatic rings. The van der Waals surface area contributed by atoms with Gasteiger partial charge < -0.3 is 10.2 Å². The lowest BCUT2D eigenvalue weighted by molar-refractivity contribution is 0.172. The molecule has 27 heavy (non-hydrogen) atoms. The molecule has 2 heterocycles. The highest BCUT2D eigenvalue weighted by atomic mass is 127. The van der Waals surface area contributed by atoms with Crippen molar-refractivity contribution in [2.75, 3.05) is 33.2 Å². The number of nitrogens with zero attached hydrogens (tertiary/aromatic N) is 4. The van der Waals surface area contributed by atoms with Gasteiger partial charge in [-0.15, -0.1) is 35.3 Å². The molecule has 1 aromatic heterocycles. The summed E-state index contributed by atoms with van der Waals surface area (Å²) in [6.45, 7) is 7.17. The summed E-state index contributed by atoms with van der Waals surface area (Å²) in [5, 5.41) is 4.47. The van der Waals surface area contributed by atoms with Crippen molar-refractivity contribution in [3.8, 4) is 0 Å². The number of benzene rings is 1. The van der Waals surface area contributed by atoms with Crippen LogP contribution in [0, 0.1) is 12.7 Å². The molecule has 0 atom stereocenters. The van der Waals surface area contributed by atoms with Gasteiger partial charge in [-0.25, -0.2) is 9.37 Å². The number of aryl methyl sites for hydroxylation is 1. The van der Waals surface area contributed by atoms with Gasteiger partial charge in [0.25, 0.3) is 0 Å². The van der Waals surface area contributed by atoms with Crippen molar-refractivity contribution < 1.29 is 4.39 Å². The minimum Gasteiger partial charge on any atom is -0.350 e. The third-order valence-electron chi connectivity index (χ3n) is 4.34. The maximum absolute atomic E-state index is 13.7. The fraction of sp³-hybridized carbons (Fsp3) is 0.444. The zero-order valence-electron chi connectivity index (χ0n) is 15.4. The molecule has 5 nitrogen and oxygen atoms in total. The largest absolute Gasteiger partial charge is 0.350 e. The van der Waals surface area contributed by atoms with E-state index in [0.29, 0.717) is 11.0 Å². The van der Waals surface area contributed by atoms with Crippen LogP contribution in [-0.2, 0) is 13.1 Å². The number of guanidine groups is 1. The van der Waals surface area contributed by atoms with Crippen LogP contribution >= 0.6 is 51.2 Å². The van der Waals surface area contributed by atoms with Crippen molar-refractivity contribution in [1.29, 1.82) is 0 Å². The number of hydrogen-bond acceptors (Lipinski definition) is 4. The van der Waals surface area contributed by atoms with Crippen molar-refractivity contribution in [3.05, 3.63) is 50.1 Å². The Labute approximate surface area is 189 Å². The number of hydrogen-bond donors (Lipinski definition) is 1. The van der Waals surface area contributed by atoms with E-state index in [-0.39, 0.29) is 29.8 Å². The fourth-order valence-corrected chi connectivity index (χ4v) is 3.96. The second-order valence-corrected chi connectivity index (χ2v) is 8.45. The lowest BCUT2D eigenvalue weighted by Crippen LogP contribution is -2.52. The van der Waals surface area contributed by atoms with E-state index in [0.717, 1.165) is 49.3 Å². The van der Waals surface area contributed by atoms with E-state index in [9.17, 15) is 4.39 Å². The number of halogens is 3. The van der Waals surface area contributed by atoms with Crippen LogP contribution in [0.5, 0.6) is 0 Å². The zero-order valence-corrected chi connectivity index (χ0v) is 20.1. The Hall–Kier alpha value is -0.780.